The number of hydrogen-bond donors (Lipinski definition) is 0. The van der Waals surface area contributed by atoms with Crippen LogP contribution < -0.4 is 5.11 Å². The monoisotopic (exact) mass is 141 g/mol. The standard InChI is InChI=1S/C8H14O2/c1-6(9)5-7(10)8(2,3)4/h5,10H,1-4H3/p-1/b7-5-. The Hall–Kier alpha value is -0.790. The second-order valence-corrected chi connectivity index (χ2v) is 3.37. The fraction of sp³-hybridized carbons (Fsp3) is 0.625. The number of hydrogen-bond acceptors (Lipinski definition) is 2. The van der Waals surface area contributed by atoms with Gasteiger partial charge in [-0.15, -0.1) is 5.76 Å². The van der Waals surface area contributed by atoms with E-state index in [9.17, 15) is 9.90 Å². The van der Waals surface area contributed by atoms with Gasteiger partial charge in [0.15, 0.2) is 5.78 Å². The summed E-state index contributed by atoms with van der Waals surface area (Å²) in [5.74, 6) is -0.292. The van der Waals surface area contributed by atoms with E-state index in [-0.39, 0.29) is 11.5 Å². The van der Waals surface area contributed by atoms with E-state index in [1.807, 2.05) is 0 Å². The van der Waals surface area contributed by atoms with E-state index < -0.39 is 5.41 Å². The van der Waals surface area contributed by atoms with Crippen molar-refractivity contribution < 1.29 is 9.90 Å². The normalized spacial score (nSPS) is 13.4. The lowest BCUT2D eigenvalue weighted by atomic mass is 9.93. The maximum absolute atomic E-state index is 11.0. The third-order valence-corrected chi connectivity index (χ3v) is 1.07. The minimum absolute atomic E-state index is 0.111. The van der Waals surface area contributed by atoms with Gasteiger partial charge < -0.3 is 5.11 Å². The van der Waals surface area contributed by atoms with E-state index in [2.05, 4.69) is 0 Å². The highest BCUT2D eigenvalue weighted by atomic mass is 16.3. The molecule has 0 saturated carbocycles. The molecule has 0 atom stereocenters. The van der Waals surface area contributed by atoms with E-state index in [4.69, 9.17) is 0 Å². The lowest BCUT2D eigenvalue weighted by Crippen LogP contribution is -2.21. The van der Waals surface area contributed by atoms with E-state index >= 15 is 0 Å². The van der Waals surface area contributed by atoms with Crippen molar-refractivity contribution in [3.63, 3.8) is 0 Å². The average Bonchev–Trinajstić information content (AvgIpc) is 1.60. The molecule has 0 spiro atoms. The van der Waals surface area contributed by atoms with Crippen molar-refractivity contribution in [2.45, 2.75) is 27.7 Å². The minimum Gasteiger partial charge on any atom is -0.875 e. The minimum atomic E-state index is -0.425. The third-order valence-electron chi connectivity index (χ3n) is 1.07. The fourth-order valence-corrected chi connectivity index (χ4v) is 0.401. The van der Waals surface area contributed by atoms with E-state index in [0.29, 0.717) is 0 Å². The smallest absolute Gasteiger partial charge is 0.151 e. The summed E-state index contributed by atoms with van der Waals surface area (Å²) in [5, 5.41) is 11.0. The Balaban J connectivity index is 4.35. The first-order valence-electron chi connectivity index (χ1n) is 3.24. The molecule has 0 aromatic rings. The average molecular weight is 141 g/mol. The second kappa shape index (κ2) is 2.86. The Morgan fingerprint density at radius 3 is 1.90 bits per heavy atom. The van der Waals surface area contributed by atoms with Crippen LogP contribution in [0, 0.1) is 5.41 Å². The summed E-state index contributed by atoms with van der Waals surface area (Å²) in [5.41, 5.74) is -0.425. The van der Waals surface area contributed by atoms with Crippen LogP contribution >= 0.6 is 0 Å². The Morgan fingerprint density at radius 1 is 1.40 bits per heavy atom. The highest BCUT2D eigenvalue weighted by Crippen LogP contribution is 2.19. The molecule has 0 unspecified atom stereocenters. The zero-order valence-electron chi connectivity index (χ0n) is 6.89. The van der Waals surface area contributed by atoms with Gasteiger partial charge >= 0.3 is 0 Å². The predicted molar refractivity (Wildman–Crippen MR) is 38.2 cm³/mol. The van der Waals surface area contributed by atoms with Crippen LogP contribution in [0.3, 0.4) is 0 Å². The van der Waals surface area contributed by atoms with Crippen molar-refractivity contribution in [2.24, 2.45) is 5.41 Å². The molecule has 0 radical (unpaired) electrons. The first-order valence-corrected chi connectivity index (χ1v) is 3.24. The number of carbonyl (C=O) groups excluding carboxylic acids is 1. The first kappa shape index (κ1) is 9.21. The van der Waals surface area contributed by atoms with Gasteiger partial charge in [0.05, 0.1) is 0 Å². The molecule has 58 valence electrons. The van der Waals surface area contributed by atoms with Gasteiger partial charge in [-0.05, 0) is 18.4 Å². The van der Waals surface area contributed by atoms with Crippen molar-refractivity contribution in [3.8, 4) is 0 Å². The highest BCUT2D eigenvalue weighted by molar-refractivity contribution is 5.87. The van der Waals surface area contributed by atoms with Gasteiger partial charge in [-0.2, -0.15) is 0 Å². The Morgan fingerprint density at radius 2 is 1.80 bits per heavy atom. The molecule has 0 saturated heterocycles. The summed E-state index contributed by atoms with van der Waals surface area (Å²) in [6, 6.07) is 0. The molecule has 0 aliphatic rings. The molecule has 0 aromatic carbocycles. The van der Waals surface area contributed by atoms with E-state index in [1.54, 1.807) is 20.8 Å². The number of ketones is 1. The highest BCUT2D eigenvalue weighted by Gasteiger charge is 2.07. The summed E-state index contributed by atoms with van der Waals surface area (Å²) < 4.78 is 0. The molecule has 0 amide bonds. The predicted octanol–water partition coefficient (Wildman–Crippen LogP) is 0.866. The maximum Gasteiger partial charge on any atom is 0.151 e. The third kappa shape index (κ3) is 3.28. The Kier molecular flexibility index (Phi) is 2.64. The quantitative estimate of drug-likeness (QED) is 0.401. The molecule has 10 heavy (non-hydrogen) atoms. The summed E-state index contributed by atoms with van der Waals surface area (Å²) in [6.45, 7) is 6.74. The molecule has 0 aliphatic heterocycles. The SMILES string of the molecule is CC(=O)/C=C(\[O-])C(C)(C)C. The second-order valence-electron chi connectivity index (χ2n) is 3.37. The molecular formula is C8H13O2-. The van der Waals surface area contributed by atoms with Gasteiger partial charge in [0.25, 0.3) is 0 Å². The van der Waals surface area contributed by atoms with Crippen LogP contribution in [0.5, 0.6) is 0 Å². The summed E-state index contributed by atoms with van der Waals surface area (Å²) in [7, 11) is 0. The van der Waals surface area contributed by atoms with Gasteiger partial charge in [-0.1, -0.05) is 20.8 Å². The van der Waals surface area contributed by atoms with Crippen molar-refractivity contribution in [2.75, 3.05) is 0 Å². The lowest BCUT2D eigenvalue weighted by Gasteiger charge is -2.27. The van der Waals surface area contributed by atoms with Gasteiger partial charge in [0, 0.05) is 0 Å². The van der Waals surface area contributed by atoms with Crippen LogP contribution in [0.4, 0.5) is 0 Å². The first-order chi connectivity index (χ1) is 4.34. The Labute approximate surface area is 61.6 Å². The molecule has 0 aliphatic carbocycles. The van der Waals surface area contributed by atoms with Crippen LogP contribution in [0.2, 0.25) is 0 Å². The van der Waals surface area contributed by atoms with Crippen molar-refractivity contribution >= 4 is 5.78 Å². The van der Waals surface area contributed by atoms with Gasteiger partial charge in [-0.25, -0.2) is 0 Å². The summed E-state index contributed by atoms with van der Waals surface area (Å²) >= 11 is 0. The molecule has 2 heteroatoms. The zero-order chi connectivity index (χ0) is 8.36. The molecule has 0 rings (SSSR count). The van der Waals surface area contributed by atoms with Gasteiger partial charge in [-0.3, -0.25) is 4.79 Å². The number of allylic oxidation sites excluding steroid dienone is 2. The van der Waals surface area contributed by atoms with E-state index in [1.165, 1.54) is 6.92 Å². The molecule has 0 bridgehead atoms. The molecule has 0 aromatic heterocycles. The number of carbonyl (C=O) groups is 1. The van der Waals surface area contributed by atoms with Crippen molar-refractivity contribution in [1.82, 2.24) is 0 Å². The van der Waals surface area contributed by atoms with Gasteiger partial charge in [0.1, 0.15) is 0 Å². The van der Waals surface area contributed by atoms with Crippen LogP contribution in [-0.2, 0) is 4.79 Å². The van der Waals surface area contributed by atoms with Crippen LogP contribution in [0.25, 0.3) is 0 Å². The van der Waals surface area contributed by atoms with Crippen LogP contribution in [0.1, 0.15) is 27.7 Å². The maximum atomic E-state index is 11.0. The van der Waals surface area contributed by atoms with Crippen molar-refractivity contribution in [1.29, 1.82) is 0 Å². The molecule has 0 N–H and O–H groups in total. The molecule has 0 heterocycles. The Bertz CT molecular complexity index is 161. The molecule has 0 fully saturated rings. The van der Waals surface area contributed by atoms with Crippen LogP contribution in [-0.4, -0.2) is 5.78 Å². The zero-order valence-corrected chi connectivity index (χ0v) is 6.89. The summed E-state index contributed by atoms with van der Waals surface area (Å²) in [6.07, 6.45) is 1.14. The largest absolute Gasteiger partial charge is 0.875 e. The lowest BCUT2D eigenvalue weighted by molar-refractivity contribution is -0.322. The summed E-state index contributed by atoms with van der Waals surface area (Å²) in [4.78, 5) is 10.4. The van der Waals surface area contributed by atoms with E-state index in [0.717, 1.165) is 6.08 Å². The topological polar surface area (TPSA) is 40.1 Å². The fourth-order valence-electron chi connectivity index (χ4n) is 0.401. The number of rotatable bonds is 1. The van der Waals surface area contributed by atoms with Crippen LogP contribution in [0.15, 0.2) is 11.8 Å². The molecule has 2 nitrogen and oxygen atoms in total. The van der Waals surface area contributed by atoms with Crippen molar-refractivity contribution in [3.05, 3.63) is 11.8 Å². The van der Waals surface area contributed by atoms with Gasteiger partial charge in [0.2, 0.25) is 0 Å². The molecular weight excluding hydrogens is 128 g/mol.